The van der Waals surface area contributed by atoms with Gasteiger partial charge in [-0.15, -0.1) is 0 Å². The normalized spacial score (nSPS) is 21.9. The quantitative estimate of drug-likeness (QED) is 0.867. The van der Waals surface area contributed by atoms with E-state index in [-0.39, 0.29) is 35.9 Å². The summed E-state index contributed by atoms with van der Waals surface area (Å²) in [6, 6.07) is 6.21. The van der Waals surface area contributed by atoms with Crippen LogP contribution >= 0.6 is 0 Å². The van der Waals surface area contributed by atoms with E-state index in [1.54, 1.807) is 24.0 Å². The van der Waals surface area contributed by atoms with E-state index in [1.807, 2.05) is 0 Å². The highest BCUT2D eigenvalue weighted by Crippen LogP contribution is 2.33. The van der Waals surface area contributed by atoms with E-state index < -0.39 is 6.61 Å². The molecule has 130 valence electrons. The Balaban J connectivity index is 1.59. The molecule has 5 nitrogen and oxygen atoms in total. The van der Waals surface area contributed by atoms with Crippen LogP contribution in [0.1, 0.15) is 37.8 Å². The van der Waals surface area contributed by atoms with Crippen LogP contribution in [0.15, 0.2) is 24.3 Å². The number of ether oxygens (including phenoxy) is 1. The summed E-state index contributed by atoms with van der Waals surface area (Å²) < 4.78 is 28.9. The number of halogens is 2. The van der Waals surface area contributed by atoms with Crippen molar-refractivity contribution in [1.82, 2.24) is 10.2 Å². The molecule has 1 heterocycles. The second-order valence-corrected chi connectivity index (χ2v) is 6.36. The fourth-order valence-corrected chi connectivity index (χ4v) is 3.02. The highest BCUT2D eigenvalue weighted by molar-refractivity contribution is 5.89. The Morgan fingerprint density at radius 2 is 2.12 bits per heavy atom. The van der Waals surface area contributed by atoms with Crippen molar-refractivity contribution < 1.29 is 23.1 Å². The molecule has 2 amide bonds. The smallest absolute Gasteiger partial charge is 0.387 e. The van der Waals surface area contributed by atoms with Crippen molar-refractivity contribution >= 4 is 11.8 Å². The van der Waals surface area contributed by atoms with Crippen LogP contribution in [-0.4, -0.2) is 35.9 Å². The molecule has 1 aliphatic carbocycles. The van der Waals surface area contributed by atoms with Gasteiger partial charge in [0.15, 0.2) is 0 Å². The lowest BCUT2D eigenvalue weighted by molar-refractivity contribution is -0.129. The van der Waals surface area contributed by atoms with Crippen molar-refractivity contribution in [1.29, 1.82) is 0 Å². The van der Waals surface area contributed by atoms with Crippen LogP contribution in [0.2, 0.25) is 0 Å². The lowest BCUT2D eigenvalue weighted by atomic mass is 10.0. The largest absolute Gasteiger partial charge is 0.435 e. The van der Waals surface area contributed by atoms with Crippen molar-refractivity contribution in [2.75, 3.05) is 6.54 Å². The second-order valence-electron chi connectivity index (χ2n) is 6.36. The Labute approximate surface area is 139 Å². The number of benzene rings is 1. The van der Waals surface area contributed by atoms with Crippen molar-refractivity contribution in [3.8, 4) is 5.75 Å². The summed E-state index contributed by atoms with van der Waals surface area (Å²) in [6.07, 6.45) is 2.28. The summed E-state index contributed by atoms with van der Waals surface area (Å²) in [6.45, 7) is -0.645. The SMILES string of the molecule is CC(NC(=O)C1CC(=O)N(C2CC2)C1)c1cccc(OC(F)F)c1. The van der Waals surface area contributed by atoms with Crippen LogP contribution in [0.5, 0.6) is 5.75 Å². The van der Waals surface area contributed by atoms with E-state index in [1.165, 1.54) is 12.1 Å². The molecule has 1 aromatic carbocycles. The maximum Gasteiger partial charge on any atom is 0.387 e. The molecular weight excluding hydrogens is 318 g/mol. The van der Waals surface area contributed by atoms with Gasteiger partial charge in [0.25, 0.3) is 0 Å². The Morgan fingerprint density at radius 3 is 2.79 bits per heavy atom. The molecule has 0 bridgehead atoms. The zero-order chi connectivity index (χ0) is 17.3. The predicted octanol–water partition coefficient (Wildman–Crippen LogP) is 2.48. The fourth-order valence-electron chi connectivity index (χ4n) is 3.02. The predicted molar refractivity (Wildman–Crippen MR) is 82.5 cm³/mol. The zero-order valence-corrected chi connectivity index (χ0v) is 13.4. The van der Waals surface area contributed by atoms with Gasteiger partial charge in [0.2, 0.25) is 11.8 Å². The minimum atomic E-state index is -2.89. The summed E-state index contributed by atoms with van der Waals surface area (Å²) in [7, 11) is 0. The third-order valence-electron chi connectivity index (χ3n) is 4.46. The van der Waals surface area contributed by atoms with Gasteiger partial charge in [0.05, 0.1) is 12.0 Å². The number of nitrogens with zero attached hydrogens (tertiary/aromatic N) is 1. The number of nitrogens with one attached hydrogen (secondary N) is 1. The average Bonchev–Trinajstić information content (AvgIpc) is 3.29. The van der Waals surface area contributed by atoms with Gasteiger partial charge in [-0.1, -0.05) is 12.1 Å². The standard InChI is InChI=1S/C17H20F2N2O3/c1-10(11-3-2-4-14(7-11)24-17(18)19)20-16(23)12-8-15(22)21(9-12)13-5-6-13/h2-4,7,10,12-13,17H,5-6,8-9H2,1H3,(H,20,23). The van der Waals surface area contributed by atoms with Gasteiger partial charge in [-0.2, -0.15) is 8.78 Å². The van der Waals surface area contributed by atoms with E-state index in [4.69, 9.17) is 0 Å². The lowest BCUT2D eigenvalue weighted by Gasteiger charge is -2.19. The minimum absolute atomic E-state index is 0.0395. The molecule has 1 N–H and O–H groups in total. The Hall–Kier alpha value is -2.18. The van der Waals surface area contributed by atoms with Gasteiger partial charge in [-0.25, -0.2) is 0 Å². The first-order valence-corrected chi connectivity index (χ1v) is 8.08. The van der Waals surface area contributed by atoms with Gasteiger partial charge in [-0.3, -0.25) is 9.59 Å². The highest BCUT2D eigenvalue weighted by atomic mass is 19.3. The molecule has 0 spiro atoms. The van der Waals surface area contributed by atoms with Crippen LogP contribution in [0.4, 0.5) is 8.78 Å². The number of hydrogen-bond acceptors (Lipinski definition) is 3. The monoisotopic (exact) mass is 338 g/mol. The van der Waals surface area contributed by atoms with E-state index in [0.29, 0.717) is 18.2 Å². The van der Waals surface area contributed by atoms with Gasteiger partial charge in [-0.05, 0) is 37.5 Å². The first kappa shape index (κ1) is 16.7. The summed E-state index contributed by atoms with van der Waals surface area (Å²) in [4.78, 5) is 26.1. The fraction of sp³-hybridized carbons (Fsp3) is 0.529. The number of amides is 2. The van der Waals surface area contributed by atoms with Crippen LogP contribution < -0.4 is 10.1 Å². The Bertz CT molecular complexity index is 634. The molecule has 0 aromatic heterocycles. The molecule has 1 aromatic rings. The third kappa shape index (κ3) is 3.83. The van der Waals surface area contributed by atoms with E-state index in [9.17, 15) is 18.4 Å². The third-order valence-corrected chi connectivity index (χ3v) is 4.46. The summed E-state index contributed by atoms with van der Waals surface area (Å²) in [5.41, 5.74) is 0.671. The number of likely N-dealkylation sites (tertiary alicyclic amines) is 1. The Kier molecular flexibility index (Phi) is 4.69. The molecule has 0 radical (unpaired) electrons. The molecule has 1 aliphatic heterocycles. The summed E-state index contributed by atoms with van der Waals surface area (Å²) in [5.74, 6) is -0.433. The molecule has 2 aliphatic rings. The highest BCUT2D eigenvalue weighted by Gasteiger charge is 2.41. The van der Waals surface area contributed by atoms with Crippen molar-refractivity contribution in [3.05, 3.63) is 29.8 Å². The topological polar surface area (TPSA) is 58.6 Å². The summed E-state index contributed by atoms with van der Waals surface area (Å²) in [5, 5.41) is 2.86. The van der Waals surface area contributed by atoms with Crippen LogP contribution in [0.25, 0.3) is 0 Å². The molecular formula is C17H20F2N2O3. The minimum Gasteiger partial charge on any atom is -0.435 e. The number of alkyl halides is 2. The number of hydrogen-bond donors (Lipinski definition) is 1. The van der Waals surface area contributed by atoms with Crippen molar-refractivity contribution in [3.63, 3.8) is 0 Å². The number of rotatable bonds is 6. The molecule has 1 saturated carbocycles. The zero-order valence-electron chi connectivity index (χ0n) is 13.4. The molecule has 24 heavy (non-hydrogen) atoms. The maximum atomic E-state index is 12.4. The molecule has 2 unspecified atom stereocenters. The number of carbonyl (C=O) groups is 2. The first-order chi connectivity index (χ1) is 11.4. The van der Waals surface area contributed by atoms with E-state index in [2.05, 4.69) is 10.1 Å². The van der Waals surface area contributed by atoms with Gasteiger partial charge in [0, 0.05) is 19.0 Å². The van der Waals surface area contributed by atoms with Gasteiger partial charge in [0.1, 0.15) is 5.75 Å². The molecule has 2 atom stereocenters. The molecule has 3 rings (SSSR count). The molecule has 7 heteroatoms. The van der Waals surface area contributed by atoms with Gasteiger partial charge >= 0.3 is 6.61 Å². The number of carbonyl (C=O) groups excluding carboxylic acids is 2. The van der Waals surface area contributed by atoms with Crippen molar-refractivity contribution in [2.45, 2.75) is 44.9 Å². The average molecular weight is 338 g/mol. The molecule has 1 saturated heterocycles. The van der Waals surface area contributed by atoms with Crippen LogP contribution in [0.3, 0.4) is 0 Å². The lowest BCUT2D eigenvalue weighted by Crippen LogP contribution is -2.35. The summed E-state index contributed by atoms with van der Waals surface area (Å²) >= 11 is 0. The molecule has 2 fully saturated rings. The van der Waals surface area contributed by atoms with Gasteiger partial charge < -0.3 is 15.0 Å². The van der Waals surface area contributed by atoms with Crippen molar-refractivity contribution in [2.24, 2.45) is 5.92 Å². The first-order valence-electron chi connectivity index (χ1n) is 8.08. The maximum absolute atomic E-state index is 12.4. The second kappa shape index (κ2) is 6.75. The van der Waals surface area contributed by atoms with E-state index >= 15 is 0 Å². The van der Waals surface area contributed by atoms with E-state index in [0.717, 1.165) is 12.8 Å². The van der Waals surface area contributed by atoms with Crippen LogP contribution in [-0.2, 0) is 9.59 Å². The Morgan fingerprint density at radius 1 is 1.38 bits per heavy atom. The van der Waals surface area contributed by atoms with Crippen LogP contribution in [0, 0.1) is 5.92 Å².